The summed E-state index contributed by atoms with van der Waals surface area (Å²) in [6.45, 7) is 0. The number of hydrogen-bond acceptors (Lipinski definition) is 3. The van der Waals surface area contributed by atoms with Gasteiger partial charge in [0.2, 0.25) is 0 Å². The molecule has 1 radical (unpaired) electrons. The van der Waals surface area contributed by atoms with Gasteiger partial charge < -0.3 is 5.48 Å². The molecule has 1 aliphatic rings. The third-order valence-electron chi connectivity index (χ3n) is 1.65. The van der Waals surface area contributed by atoms with Crippen LogP contribution >= 0.6 is 0 Å². The molecule has 3 N–H and O–H groups in total. The summed E-state index contributed by atoms with van der Waals surface area (Å²) >= 11 is 0. The predicted octanol–water partition coefficient (Wildman–Crippen LogP) is -0.841. The van der Waals surface area contributed by atoms with Gasteiger partial charge in [-0.25, -0.2) is 13.1 Å². The number of carbonyl (C=O) groups is 1. The Labute approximate surface area is 105 Å². The number of hydrogen-bond donors (Lipinski definition) is 1. The van der Waals surface area contributed by atoms with Crippen LogP contribution in [0.4, 0.5) is 0 Å². The van der Waals surface area contributed by atoms with E-state index in [4.69, 9.17) is 0 Å². The van der Waals surface area contributed by atoms with Crippen molar-refractivity contribution in [3.05, 3.63) is 29.8 Å². The van der Waals surface area contributed by atoms with Crippen molar-refractivity contribution in [3.8, 4) is 0 Å². The third-order valence-corrected chi connectivity index (χ3v) is 3.04. The minimum absolute atomic E-state index is 0. The molecule has 0 unspecified atom stereocenters. The van der Waals surface area contributed by atoms with Crippen LogP contribution < -0.4 is 4.72 Å². The summed E-state index contributed by atoms with van der Waals surface area (Å²) in [5.74, 6) is -0.550. The van der Waals surface area contributed by atoms with Gasteiger partial charge in [0.1, 0.15) is 4.90 Å². The molecule has 14 heavy (non-hydrogen) atoms. The Morgan fingerprint density at radius 2 is 1.79 bits per heavy atom. The van der Waals surface area contributed by atoms with Crippen molar-refractivity contribution in [1.82, 2.24) is 4.72 Å². The summed E-state index contributed by atoms with van der Waals surface area (Å²) < 4.78 is 24.2. The molecule has 1 aromatic rings. The van der Waals surface area contributed by atoms with Gasteiger partial charge in [0, 0.05) is 31.0 Å². The molecule has 0 fully saturated rings. The number of nitrogens with one attached hydrogen (secondary N) is 1. The first-order valence-corrected chi connectivity index (χ1v) is 4.76. The standard InChI is InChI=1S/C7H5NO3S.Na.H2O.H2/c9-7-5-3-1-2-4-6(5)12(10,11)8-7;;;/h1-4H,(H,8,9);;1H2;1H. The van der Waals surface area contributed by atoms with Crippen molar-refractivity contribution in [2.45, 2.75) is 4.90 Å². The zero-order valence-corrected chi connectivity index (χ0v) is 10.3. The van der Waals surface area contributed by atoms with Crippen LogP contribution in [0.1, 0.15) is 11.8 Å². The number of benzene rings is 1. The maximum absolute atomic E-state index is 11.1. The number of sulfonamides is 1. The van der Waals surface area contributed by atoms with Crippen molar-refractivity contribution in [1.29, 1.82) is 0 Å². The van der Waals surface area contributed by atoms with Gasteiger partial charge in [0.05, 0.1) is 5.56 Å². The molecule has 1 aromatic carbocycles. The second-order valence-electron chi connectivity index (χ2n) is 2.43. The zero-order chi connectivity index (χ0) is 8.77. The van der Waals surface area contributed by atoms with Gasteiger partial charge in [-0.3, -0.25) is 4.79 Å². The molecule has 1 aliphatic heterocycles. The predicted molar refractivity (Wildman–Crippen MR) is 52.6 cm³/mol. The van der Waals surface area contributed by atoms with Crippen LogP contribution in [-0.4, -0.2) is 49.4 Å². The fraction of sp³-hybridized carbons (Fsp3) is 0. The zero-order valence-electron chi connectivity index (χ0n) is 7.44. The maximum Gasteiger partial charge on any atom is 0.266 e. The molecule has 0 aromatic heterocycles. The van der Waals surface area contributed by atoms with Crippen molar-refractivity contribution in [2.24, 2.45) is 0 Å². The first kappa shape index (κ1) is 13.6. The van der Waals surface area contributed by atoms with E-state index in [-0.39, 0.29) is 46.9 Å². The molecule has 0 saturated carbocycles. The maximum atomic E-state index is 11.1. The van der Waals surface area contributed by atoms with Crippen molar-refractivity contribution >= 4 is 45.5 Å². The molecule has 7 heteroatoms. The Hall–Kier alpha value is -0.400. The van der Waals surface area contributed by atoms with Crippen molar-refractivity contribution in [3.63, 3.8) is 0 Å². The first-order valence-electron chi connectivity index (χ1n) is 3.27. The van der Waals surface area contributed by atoms with Gasteiger partial charge in [-0.15, -0.1) is 0 Å². The average Bonchev–Trinajstić information content (AvgIpc) is 2.25. The SMILES string of the molecule is O.O=C1NS(=O)(=O)c2ccccc21.[HH].[Na]. The molecule has 1 amide bonds. The van der Waals surface area contributed by atoms with Crippen LogP contribution in [0.15, 0.2) is 29.2 Å². The Morgan fingerprint density at radius 3 is 2.36 bits per heavy atom. The van der Waals surface area contributed by atoms with Gasteiger partial charge in [-0.2, -0.15) is 0 Å². The molecule has 2 rings (SSSR count). The Morgan fingerprint density at radius 1 is 1.21 bits per heavy atom. The van der Waals surface area contributed by atoms with Gasteiger partial charge in [-0.1, -0.05) is 12.1 Å². The number of amides is 1. The van der Waals surface area contributed by atoms with E-state index in [1.54, 1.807) is 12.1 Å². The number of rotatable bonds is 0. The van der Waals surface area contributed by atoms with Crippen LogP contribution in [0, 0.1) is 0 Å². The largest absolute Gasteiger partial charge is 0.412 e. The normalized spacial score (nSPS) is 15.9. The molecule has 5 nitrogen and oxygen atoms in total. The van der Waals surface area contributed by atoms with E-state index in [1.807, 2.05) is 4.72 Å². The fourth-order valence-corrected chi connectivity index (χ4v) is 2.29. The van der Waals surface area contributed by atoms with Crippen LogP contribution in [0.5, 0.6) is 0 Å². The van der Waals surface area contributed by atoms with Gasteiger partial charge in [-0.05, 0) is 12.1 Å². The van der Waals surface area contributed by atoms with Crippen LogP contribution in [0.25, 0.3) is 0 Å². The summed E-state index contributed by atoms with van der Waals surface area (Å²) in [5, 5.41) is 0. The van der Waals surface area contributed by atoms with Gasteiger partial charge in [0.25, 0.3) is 15.9 Å². The summed E-state index contributed by atoms with van der Waals surface area (Å²) in [6.07, 6.45) is 0. The van der Waals surface area contributed by atoms with E-state index in [2.05, 4.69) is 0 Å². The molecule has 0 saturated heterocycles. The smallest absolute Gasteiger partial charge is 0.266 e. The topological polar surface area (TPSA) is 94.7 Å². The molecular weight excluding hydrogens is 217 g/mol. The Balaban J connectivity index is 0. The molecule has 0 atom stereocenters. The minimum Gasteiger partial charge on any atom is -0.412 e. The second-order valence-corrected chi connectivity index (χ2v) is 4.08. The van der Waals surface area contributed by atoms with E-state index in [0.717, 1.165) is 0 Å². The van der Waals surface area contributed by atoms with Crippen LogP contribution in [0.3, 0.4) is 0 Å². The molecular formula is C7H9NNaO4S. The monoisotopic (exact) mass is 226 g/mol. The van der Waals surface area contributed by atoms with Gasteiger partial charge in [0.15, 0.2) is 0 Å². The molecule has 73 valence electrons. The summed E-state index contributed by atoms with van der Waals surface area (Å²) in [5.41, 5.74) is 0.220. The third kappa shape index (κ3) is 1.99. The Kier molecular flexibility index (Phi) is 4.29. The number of fused-ring (bicyclic) bond motifs is 1. The summed E-state index contributed by atoms with van der Waals surface area (Å²) in [6, 6.07) is 6.09. The minimum atomic E-state index is -3.55. The quantitative estimate of drug-likeness (QED) is 0.584. The number of carbonyl (C=O) groups excluding carboxylic acids is 1. The molecule has 0 aliphatic carbocycles. The van der Waals surface area contributed by atoms with E-state index < -0.39 is 15.9 Å². The van der Waals surface area contributed by atoms with E-state index in [1.165, 1.54) is 12.1 Å². The van der Waals surface area contributed by atoms with Crippen LogP contribution in [-0.2, 0) is 10.0 Å². The van der Waals surface area contributed by atoms with E-state index >= 15 is 0 Å². The second kappa shape index (κ2) is 4.41. The molecule has 1 heterocycles. The van der Waals surface area contributed by atoms with E-state index in [0.29, 0.717) is 0 Å². The average molecular weight is 226 g/mol. The summed E-state index contributed by atoms with van der Waals surface area (Å²) in [4.78, 5) is 11.1. The van der Waals surface area contributed by atoms with Crippen molar-refractivity contribution < 1.29 is 20.1 Å². The Bertz CT molecular complexity index is 462. The van der Waals surface area contributed by atoms with Gasteiger partial charge >= 0.3 is 0 Å². The van der Waals surface area contributed by atoms with Crippen molar-refractivity contribution in [2.75, 3.05) is 0 Å². The van der Waals surface area contributed by atoms with Crippen LogP contribution in [0.2, 0.25) is 0 Å². The summed E-state index contributed by atoms with van der Waals surface area (Å²) in [7, 11) is -3.55. The molecule has 0 spiro atoms. The molecule has 0 bridgehead atoms. The fourth-order valence-electron chi connectivity index (χ4n) is 1.12. The van der Waals surface area contributed by atoms with E-state index in [9.17, 15) is 13.2 Å². The first-order chi connectivity index (χ1) is 5.61.